The molecule has 1 heterocycles. The van der Waals surface area contributed by atoms with Gasteiger partial charge >= 0.3 is 0 Å². The fraction of sp³-hybridized carbons (Fsp3) is 0.400. The summed E-state index contributed by atoms with van der Waals surface area (Å²) in [7, 11) is 0. The first-order chi connectivity index (χ1) is 15.3. The zero-order valence-corrected chi connectivity index (χ0v) is 20.0. The molecule has 0 aliphatic carbocycles. The summed E-state index contributed by atoms with van der Waals surface area (Å²) in [5.74, 6) is 0.0318. The monoisotopic (exact) mass is 453 g/mol. The largest absolute Gasteiger partial charge is 0.382 e. The lowest BCUT2D eigenvalue weighted by Crippen LogP contribution is -2.25. The van der Waals surface area contributed by atoms with Gasteiger partial charge in [0.1, 0.15) is 0 Å². The summed E-state index contributed by atoms with van der Waals surface area (Å²) in [6, 6.07) is 15.1. The van der Waals surface area contributed by atoms with Gasteiger partial charge in [-0.1, -0.05) is 62.9 Å². The highest BCUT2D eigenvalue weighted by atomic mass is 32.2. The Morgan fingerprint density at radius 3 is 2.59 bits per heavy atom. The third kappa shape index (κ3) is 5.99. The van der Waals surface area contributed by atoms with Crippen molar-refractivity contribution in [3.63, 3.8) is 0 Å². The van der Waals surface area contributed by atoms with E-state index < -0.39 is 0 Å². The summed E-state index contributed by atoms with van der Waals surface area (Å²) in [5, 5.41) is 4.15. The van der Waals surface area contributed by atoms with Crippen LogP contribution in [0, 0.1) is 0 Å². The molecule has 1 amide bonds. The van der Waals surface area contributed by atoms with Crippen molar-refractivity contribution >= 4 is 34.3 Å². The molecule has 32 heavy (non-hydrogen) atoms. The second kappa shape index (κ2) is 10.8. The number of ether oxygens (including phenoxy) is 1. The Morgan fingerprint density at radius 2 is 1.84 bits per heavy atom. The van der Waals surface area contributed by atoms with Gasteiger partial charge in [-0.2, -0.15) is 0 Å². The van der Waals surface area contributed by atoms with Gasteiger partial charge < -0.3 is 10.1 Å². The van der Waals surface area contributed by atoms with Crippen molar-refractivity contribution in [2.75, 3.05) is 24.3 Å². The molecule has 170 valence electrons. The van der Waals surface area contributed by atoms with E-state index >= 15 is 0 Å². The Hall–Kier alpha value is -2.64. The van der Waals surface area contributed by atoms with Gasteiger partial charge in [-0.25, -0.2) is 4.98 Å². The Kier molecular flexibility index (Phi) is 8.10. The van der Waals surface area contributed by atoms with Crippen LogP contribution in [-0.4, -0.2) is 34.4 Å². The second-order valence-corrected chi connectivity index (χ2v) is 9.49. The molecule has 0 spiro atoms. The lowest BCUT2D eigenvalue weighted by Gasteiger charge is -2.23. The number of amides is 1. The van der Waals surface area contributed by atoms with Crippen LogP contribution in [0.4, 0.5) is 5.69 Å². The zero-order chi connectivity index (χ0) is 23.1. The van der Waals surface area contributed by atoms with Gasteiger partial charge in [0.25, 0.3) is 5.56 Å². The summed E-state index contributed by atoms with van der Waals surface area (Å²) in [5.41, 5.74) is 2.35. The maximum Gasteiger partial charge on any atom is 0.262 e. The minimum atomic E-state index is -0.130. The van der Waals surface area contributed by atoms with Crippen molar-refractivity contribution in [2.24, 2.45) is 0 Å². The molecule has 6 nitrogen and oxygen atoms in total. The molecule has 0 aliphatic rings. The topological polar surface area (TPSA) is 73.2 Å². The number of fused-ring (bicyclic) bond motifs is 1. The van der Waals surface area contributed by atoms with Crippen LogP contribution in [0.15, 0.2) is 58.5 Å². The molecule has 0 unspecified atom stereocenters. The molecule has 3 aromatic rings. The summed E-state index contributed by atoms with van der Waals surface area (Å²) >= 11 is 1.28. The van der Waals surface area contributed by atoms with Gasteiger partial charge in [0.05, 0.1) is 16.7 Å². The highest BCUT2D eigenvalue weighted by Crippen LogP contribution is 2.29. The maximum atomic E-state index is 13.1. The molecule has 1 aromatic heterocycles. The zero-order valence-electron chi connectivity index (χ0n) is 19.2. The van der Waals surface area contributed by atoms with Crippen molar-refractivity contribution in [1.29, 1.82) is 0 Å². The summed E-state index contributed by atoms with van der Waals surface area (Å²) in [4.78, 5) is 30.5. The molecular weight excluding hydrogens is 422 g/mol. The normalized spacial score (nSPS) is 11.6. The molecule has 3 rings (SSSR count). The van der Waals surface area contributed by atoms with E-state index in [2.05, 4.69) is 31.1 Å². The lowest BCUT2D eigenvalue weighted by atomic mass is 9.86. The number of carbonyl (C=O) groups excluding carboxylic acids is 1. The molecule has 7 heteroatoms. The van der Waals surface area contributed by atoms with Gasteiger partial charge in [-0.3, -0.25) is 14.2 Å². The molecular formula is C25H31N3O3S. The fourth-order valence-electron chi connectivity index (χ4n) is 3.49. The second-order valence-electron chi connectivity index (χ2n) is 8.55. The third-order valence-electron chi connectivity index (χ3n) is 5.04. The van der Waals surface area contributed by atoms with Crippen molar-refractivity contribution in [3.05, 3.63) is 64.4 Å². The van der Waals surface area contributed by atoms with E-state index in [9.17, 15) is 9.59 Å². The minimum Gasteiger partial charge on any atom is -0.382 e. The van der Waals surface area contributed by atoms with Crippen molar-refractivity contribution < 1.29 is 9.53 Å². The van der Waals surface area contributed by atoms with Crippen molar-refractivity contribution in [2.45, 2.75) is 51.2 Å². The number of carbonyl (C=O) groups is 1. The Labute approximate surface area is 193 Å². The predicted octanol–water partition coefficient (Wildman–Crippen LogP) is 4.85. The number of nitrogens with zero attached hydrogens (tertiary/aromatic N) is 2. The number of hydrogen-bond acceptors (Lipinski definition) is 5. The van der Waals surface area contributed by atoms with Crippen LogP contribution < -0.4 is 10.9 Å². The number of thioether (sulfide) groups is 1. The van der Waals surface area contributed by atoms with Crippen LogP contribution >= 0.6 is 11.8 Å². The Bertz CT molecular complexity index is 1140. The number of aromatic nitrogens is 2. The first-order valence-electron chi connectivity index (χ1n) is 10.9. The molecule has 0 saturated carbocycles. The third-order valence-corrected chi connectivity index (χ3v) is 6.02. The summed E-state index contributed by atoms with van der Waals surface area (Å²) in [6.07, 6.45) is 0.701. The summed E-state index contributed by atoms with van der Waals surface area (Å²) < 4.78 is 7.07. The van der Waals surface area contributed by atoms with E-state index in [4.69, 9.17) is 4.74 Å². The van der Waals surface area contributed by atoms with Crippen LogP contribution in [0.5, 0.6) is 0 Å². The lowest BCUT2D eigenvalue weighted by molar-refractivity contribution is -0.113. The van der Waals surface area contributed by atoms with E-state index in [1.807, 2.05) is 49.4 Å². The molecule has 0 fully saturated rings. The van der Waals surface area contributed by atoms with Gasteiger partial charge in [0.15, 0.2) is 5.16 Å². The van der Waals surface area contributed by atoms with Gasteiger partial charge in [0.2, 0.25) is 5.91 Å². The number of rotatable bonds is 9. The first kappa shape index (κ1) is 24.0. The van der Waals surface area contributed by atoms with Gasteiger partial charge in [0, 0.05) is 25.4 Å². The van der Waals surface area contributed by atoms with E-state index in [1.165, 1.54) is 11.8 Å². The number of nitrogens with one attached hydrogen (secondary N) is 1. The van der Waals surface area contributed by atoms with Crippen molar-refractivity contribution in [3.8, 4) is 0 Å². The van der Waals surface area contributed by atoms with E-state index in [0.29, 0.717) is 42.2 Å². The SMILES string of the molecule is CCOCCCn1c(SCC(=O)Nc2ccccc2C(C)(C)C)nc2ccccc2c1=O. The van der Waals surface area contributed by atoms with E-state index in [1.54, 1.807) is 10.6 Å². The molecule has 0 atom stereocenters. The van der Waals surface area contributed by atoms with Crippen LogP contribution in [-0.2, 0) is 21.5 Å². The van der Waals surface area contributed by atoms with Crippen LogP contribution in [0.25, 0.3) is 10.9 Å². The van der Waals surface area contributed by atoms with Crippen LogP contribution in [0.3, 0.4) is 0 Å². The van der Waals surface area contributed by atoms with Gasteiger partial charge in [-0.15, -0.1) is 0 Å². The number of benzene rings is 2. The Balaban J connectivity index is 1.79. The predicted molar refractivity (Wildman–Crippen MR) is 132 cm³/mol. The number of para-hydroxylation sites is 2. The highest BCUT2D eigenvalue weighted by molar-refractivity contribution is 7.99. The number of hydrogen-bond donors (Lipinski definition) is 1. The number of anilines is 1. The fourth-order valence-corrected chi connectivity index (χ4v) is 4.31. The van der Waals surface area contributed by atoms with Crippen LogP contribution in [0.1, 0.15) is 39.7 Å². The molecule has 0 radical (unpaired) electrons. The molecule has 0 aliphatic heterocycles. The van der Waals surface area contributed by atoms with Crippen LogP contribution in [0.2, 0.25) is 0 Å². The van der Waals surface area contributed by atoms with E-state index in [-0.39, 0.29) is 22.6 Å². The standard InChI is InChI=1S/C25H31N3O3S/c1-5-31-16-10-15-28-23(30)18-11-6-8-13-20(18)27-24(28)32-17-22(29)26-21-14-9-7-12-19(21)25(2,3)4/h6-9,11-14H,5,10,15-17H2,1-4H3,(H,26,29). The molecule has 0 saturated heterocycles. The molecule has 0 bridgehead atoms. The summed E-state index contributed by atoms with van der Waals surface area (Å²) in [6.45, 7) is 10.0. The average Bonchev–Trinajstić information content (AvgIpc) is 2.76. The maximum absolute atomic E-state index is 13.1. The molecule has 1 N–H and O–H groups in total. The highest BCUT2D eigenvalue weighted by Gasteiger charge is 2.19. The van der Waals surface area contributed by atoms with Gasteiger partial charge in [-0.05, 0) is 42.5 Å². The quantitative estimate of drug-likeness (QED) is 0.285. The first-order valence-corrected chi connectivity index (χ1v) is 11.9. The molecule has 2 aromatic carbocycles. The smallest absolute Gasteiger partial charge is 0.262 e. The van der Waals surface area contributed by atoms with E-state index in [0.717, 1.165) is 11.3 Å². The Morgan fingerprint density at radius 1 is 1.12 bits per heavy atom. The van der Waals surface area contributed by atoms with Crippen molar-refractivity contribution in [1.82, 2.24) is 9.55 Å². The average molecular weight is 454 g/mol. The minimum absolute atomic E-state index is 0.0854.